The molecule has 4 atom stereocenters. The van der Waals surface area contributed by atoms with E-state index in [-0.39, 0.29) is 30.2 Å². The fourth-order valence-electron chi connectivity index (χ4n) is 3.22. The highest BCUT2D eigenvalue weighted by Crippen LogP contribution is 2.22. The van der Waals surface area contributed by atoms with E-state index < -0.39 is 12.2 Å². The fourth-order valence-corrected chi connectivity index (χ4v) is 3.22. The Bertz CT molecular complexity index is 361. The maximum Gasteiger partial charge on any atom is 0.309 e. The van der Waals surface area contributed by atoms with Gasteiger partial charge in [0.1, 0.15) is 6.61 Å². The Morgan fingerprint density at radius 3 is 2.17 bits per heavy atom. The number of ether oxygens (including phenoxy) is 2. The number of carbonyl (C=O) groups is 2. The number of hydrogen-bond acceptors (Lipinski definition) is 6. The lowest BCUT2D eigenvalue weighted by Gasteiger charge is -2.15. The molecule has 2 N–H and O–H groups in total. The molecule has 2 fully saturated rings. The van der Waals surface area contributed by atoms with Crippen LogP contribution in [-0.4, -0.2) is 54.0 Å². The molecular formula is C17H28O6. The lowest BCUT2D eigenvalue weighted by molar-refractivity contribution is -0.141. The van der Waals surface area contributed by atoms with E-state index in [0.29, 0.717) is 51.7 Å². The van der Waals surface area contributed by atoms with E-state index in [2.05, 4.69) is 0 Å². The van der Waals surface area contributed by atoms with Gasteiger partial charge in [-0.25, -0.2) is 0 Å². The van der Waals surface area contributed by atoms with Crippen molar-refractivity contribution in [2.75, 3.05) is 19.8 Å². The van der Waals surface area contributed by atoms with Crippen molar-refractivity contribution >= 4 is 11.8 Å². The SMILES string of the molecule is O=C1COCC1CCC(O)CCCC(O)CCC1CCOC1=O. The van der Waals surface area contributed by atoms with E-state index in [4.69, 9.17) is 9.47 Å². The van der Waals surface area contributed by atoms with E-state index in [1.807, 2.05) is 0 Å². The largest absolute Gasteiger partial charge is 0.465 e. The number of ketones is 1. The fraction of sp³-hybridized carbons (Fsp3) is 0.882. The summed E-state index contributed by atoms with van der Waals surface area (Å²) in [7, 11) is 0. The lowest BCUT2D eigenvalue weighted by Crippen LogP contribution is -2.16. The first kappa shape index (κ1) is 18.4. The molecule has 2 rings (SSSR count). The highest BCUT2D eigenvalue weighted by molar-refractivity contribution is 5.83. The molecule has 0 aromatic carbocycles. The second-order valence-electron chi connectivity index (χ2n) is 6.72. The molecule has 0 amide bonds. The second-order valence-corrected chi connectivity index (χ2v) is 6.72. The van der Waals surface area contributed by atoms with Crippen LogP contribution < -0.4 is 0 Å². The Kier molecular flexibility index (Phi) is 7.46. The molecule has 0 spiro atoms. The first-order chi connectivity index (χ1) is 11.1. The van der Waals surface area contributed by atoms with Gasteiger partial charge in [0, 0.05) is 5.92 Å². The molecule has 0 aromatic rings. The first-order valence-corrected chi connectivity index (χ1v) is 8.69. The van der Waals surface area contributed by atoms with Crippen LogP contribution in [0.25, 0.3) is 0 Å². The summed E-state index contributed by atoms with van der Waals surface area (Å²) in [5.41, 5.74) is 0. The van der Waals surface area contributed by atoms with Gasteiger partial charge in [-0.2, -0.15) is 0 Å². The summed E-state index contributed by atoms with van der Waals surface area (Å²) >= 11 is 0. The van der Waals surface area contributed by atoms with Crippen LogP contribution in [0.1, 0.15) is 51.4 Å². The topological polar surface area (TPSA) is 93.1 Å². The highest BCUT2D eigenvalue weighted by atomic mass is 16.5. The van der Waals surface area contributed by atoms with Gasteiger partial charge in [0.05, 0.1) is 31.3 Å². The smallest absolute Gasteiger partial charge is 0.309 e. The zero-order chi connectivity index (χ0) is 16.7. The number of hydrogen-bond donors (Lipinski definition) is 2. The molecule has 132 valence electrons. The van der Waals surface area contributed by atoms with Crippen LogP contribution in [0.15, 0.2) is 0 Å². The van der Waals surface area contributed by atoms with E-state index in [1.165, 1.54) is 0 Å². The van der Waals surface area contributed by atoms with Crippen LogP contribution in [-0.2, 0) is 19.1 Å². The minimum absolute atomic E-state index is 0.0543. The van der Waals surface area contributed by atoms with Gasteiger partial charge in [0.2, 0.25) is 0 Å². The number of Topliss-reactive ketones (excluding diaryl/α,β-unsaturated/α-hetero) is 1. The number of esters is 1. The number of cyclic esters (lactones) is 1. The number of aliphatic hydroxyl groups excluding tert-OH is 2. The third-order valence-corrected chi connectivity index (χ3v) is 4.83. The van der Waals surface area contributed by atoms with Crippen molar-refractivity contribution in [2.24, 2.45) is 11.8 Å². The molecule has 2 aliphatic rings. The van der Waals surface area contributed by atoms with E-state index in [1.54, 1.807) is 0 Å². The predicted octanol–water partition coefficient (Wildman–Crippen LogP) is 1.22. The van der Waals surface area contributed by atoms with Crippen molar-refractivity contribution in [3.8, 4) is 0 Å². The first-order valence-electron chi connectivity index (χ1n) is 8.69. The average molecular weight is 328 g/mol. The zero-order valence-electron chi connectivity index (χ0n) is 13.6. The van der Waals surface area contributed by atoms with Gasteiger partial charge in [0.15, 0.2) is 5.78 Å². The summed E-state index contributed by atoms with van der Waals surface area (Å²) < 4.78 is 9.99. The molecule has 2 heterocycles. The van der Waals surface area contributed by atoms with E-state index >= 15 is 0 Å². The highest BCUT2D eigenvalue weighted by Gasteiger charge is 2.27. The van der Waals surface area contributed by atoms with Gasteiger partial charge in [-0.05, 0) is 51.4 Å². The molecule has 2 aliphatic heterocycles. The van der Waals surface area contributed by atoms with Crippen LogP contribution in [0.5, 0.6) is 0 Å². The molecular weight excluding hydrogens is 300 g/mol. The quantitative estimate of drug-likeness (QED) is 0.586. The van der Waals surface area contributed by atoms with Crippen LogP contribution in [0.3, 0.4) is 0 Å². The molecule has 6 heteroatoms. The Hall–Kier alpha value is -0.980. The molecule has 2 saturated heterocycles. The van der Waals surface area contributed by atoms with Crippen LogP contribution in [0, 0.1) is 11.8 Å². The van der Waals surface area contributed by atoms with Crippen molar-refractivity contribution in [3.63, 3.8) is 0 Å². The Morgan fingerprint density at radius 1 is 1.00 bits per heavy atom. The zero-order valence-corrected chi connectivity index (χ0v) is 13.6. The molecule has 0 bridgehead atoms. The van der Waals surface area contributed by atoms with Crippen LogP contribution >= 0.6 is 0 Å². The van der Waals surface area contributed by atoms with Gasteiger partial charge in [-0.1, -0.05) is 0 Å². The second kappa shape index (κ2) is 9.35. The van der Waals surface area contributed by atoms with E-state index in [0.717, 1.165) is 12.8 Å². The summed E-state index contributed by atoms with van der Waals surface area (Å²) in [5.74, 6) is -0.112. The Labute approximate surface area is 137 Å². The third kappa shape index (κ3) is 6.20. The summed E-state index contributed by atoms with van der Waals surface area (Å²) in [5, 5.41) is 19.9. The number of carbonyl (C=O) groups excluding carboxylic acids is 2. The van der Waals surface area contributed by atoms with Crippen molar-refractivity contribution in [2.45, 2.75) is 63.6 Å². The van der Waals surface area contributed by atoms with Gasteiger partial charge in [-0.3, -0.25) is 9.59 Å². The average Bonchev–Trinajstić information content (AvgIpc) is 3.11. The number of rotatable bonds is 10. The molecule has 0 saturated carbocycles. The molecule has 0 radical (unpaired) electrons. The van der Waals surface area contributed by atoms with Crippen molar-refractivity contribution in [1.82, 2.24) is 0 Å². The molecule has 6 nitrogen and oxygen atoms in total. The summed E-state index contributed by atoms with van der Waals surface area (Å²) in [4.78, 5) is 22.7. The van der Waals surface area contributed by atoms with Crippen LogP contribution in [0.4, 0.5) is 0 Å². The number of aliphatic hydroxyl groups is 2. The lowest BCUT2D eigenvalue weighted by atomic mass is 9.95. The third-order valence-electron chi connectivity index (χ3n) is 4.83. The molecule has 4 unspecified atom stereocenters. The minimum Gasteiger partial charge on any atom is -0.465 e. The summed E-state index contributed by atoms with van der Waals surface area (Å²) in [6, 6.07) is 0. The summed E-state index contributed by atoms with van der Waals surface area (Å²) in [6.07, 6.45) is 4.45. The van der Waals surface area contributed by atoms with Gasteiger partial charge >= 0.3 is 5.97 Å². The van der Waals surface area contributed by atoms with Crippen molar-refractivity contribution in [1.29, 1.82) is 0 Å². The van der Waals surface area contributed by atoms with E-state index in [9.17, 15) is 19.8 Å². The van der Waals surface area contributed by atoms with Gasteiger partial charge in [0.25, 0.3) is 0 Å². The van der Waals surface area contributed by atoms with Crippen molar-refractivity contribution < 1.29 is 29.3 Å². The predicted molar refractivity (Wildman–Crippen MR) is 82.7 cm³/mol. The maximum atomic E-state index is 11.4. The monoisotopic (exact) mass is 328 g/mol. The maximum absolute atomic E-state index is 11.4. The molecule has 23 heavy (non-hydrogen) atoms. The Balaban J connectivity index is 1.49. The minimum atomic E-state index is -0.430. The standard InChI is InChI=1S/C17H28O6/c18-14(6-4-12-8-9-23-17(12)21)2-1-3-15(19)7-5-13-10-22-11-16(13)20/h12-15,18-19H,1-11H2. The van der Waals surface area contributed by atoms with Gasteiger partial charge < -0.3 is 19.7 Å². The Morgan fingerprint density at radius 2 is 1.65 bits per heavy atom. The van der Waals surface area contributed by atoms with Crippen molar-refractivity contribution in [3.05, 3.63) is 0 Å². The van der Waals surface area contributed by atoms with Gasteiger partial charge in [-0.15, -0.1) is 0 Å². The normalized spacial score (nSPS) is 27.2. The van der Waals surface area contributed by atoms with Crippen LogP contribution in [0.2, 0.25) is 0 Å². The molecule has 0 aliphatic carbocycles. The summed E-state index contributed by atoms with van der Waals surface area (Å²) in [6.45, 7) is 1.19. The molecule has 0 aromatic heterocycles.